The first kappa shape index (κ1) is 110. The minimum Gasteiger partial charge on any atom is -0.396 e. The Morgan fingerprint density at radius 1 is 0.404 bits per heavy atom. The van der Waals surface area contributed by atoms with Crippen LogP contribution in [0, 0.1) is 68.1 Å². The molecule has 0 aromatic heterocycles. The number of fused-ring (bicyclic) bond motifs is 3. The van der Waals surface area contributed by atoms with Gasteiger partial charge in [0.05, 0.1) is 79.6 Å². The Balaban J connectivity index is 0.000000178. The average Bonchev–Trinajstić information content (AvgIpc) is 1.55. The van der Waals surface area contributed by atoms with Crippen molar-refractivity contribution in [3.8, 4) is 34.4 Å². The summed E-state index contributed by atoms with van der Waals surface area (Å²) >= 11 is 22.2. The van der Waals surface area contributed by atoms with Crippen LogP contribution in [0.1, 0.15) is 286 Å². The summed E-state index contributed by atoms with van der Waals surface area (Å²) in [7, 11) is -5.73. The van der Waals surface area contributed by atoms with Crippen LogP contribution in [0.3, 0.4) is 0 Å². The molecule has 3 aliphatic heterocycles. The third-order valence-corrected chi connectivity index (χ3v) is 51.4. The highest BCUT2D eigenvalue weighted by atomic mass is 79.9. The topological polar surface area (TPSA) is 190 Å². The Kier molecular flexibility index (Phi) is 33.8. The van der Waals surface area contributed by atoms with Crippen LogP contribution in [0.4, 0.5) is 13.2 Å². The second-order valence-corrected chi connectivity index (χ2v) is 62.2. The number of hydrogen-bond donors (Lipinski definition) is 5. The molecule has 0 bridgehead atoms. The fourth-order valence-electron chi connectivity index (χ4n) is 22.2. The van der Waals surface area contributed by atoms with Crippen molar-refractivity contribution in [1.29, 1.82) is 0 Å². The lowest BCUT2D eigenvalue weighted by atomic mass is 9.88. The van der Waals surface area contributed by atoms with E-state index in [9.17, 15) is 39.9 Å². The number of aliphatic hydroxyl groups is 5. The number of aliphatic hydroxyl groups excluding tert-OH is 4. The molecule has 14 nitrogen and oxygen atoms in total. The third kappa shape index (κ3) is 21.5. The molecule has 9 aromatic rings. The van der Waals surface area contributed by atoms with Crippen molar-refractivity contribution in [1.82, 2.24) is 14.7 Å². The van der Waals surface area contributed by atoms with Crippen LogP contribution in [0.2, 0.25) is 64.9 Å². The molecule has 748 valence electrons. The highest BCUT2D eigenvalue weighted by Gasteiger charge is 2.61. The van der Waals surface area contributed by atoms with Crippen LogP contribution in [0.15, 0.2) is 193 Å². The number of halogens is 7. The maximum Gasteiger partial charge on any atom is 0.257 e. The molecule has 4 unspecified atom stereocenters. The second kappa shape index (κ2) is 43.5. The lowest BCUT2D eigenvalue weighted by Crippen LogP contribution is -2.48. The van der Waals surface area contributed by atoms with Crippen LogP contribution in [0.5, 0.6) is 0 Å². The van der Waals surface area contributed by atoms with E-state index in [1.165, 1.54) is 30.0 Å². The summed E-state index contributed by atoms with van der Waals surface area (Å²) in [5.74, 6) is 7.49. The van der Waals surface area contributed by atoms with Crippen LogP contribution in [0.25, 0.3) is 5.57 Å². The molecule has 0 spiro atoms. The molecule has 5 N–H and O–H groups in total. The maximum absolute atomic E-state index is 16.5. The van der Waals surface area contributed by atoms with Crippen LogP contribution in [-0.2, 0) is 56.6 Å². The number of amides is 3. The van der Waals surface area contributed by atoms with Crippen molar-refractivity contribution in [3.63, 3.8) is 0 Å². The number of rotatable bonds is 33. The zero-order valence-electron chi connectivity index (χ0n) is 85.2. The largest absolute Gasteiger partial charge is 0.396 e. The van der Waals surface area contributed by atoms with Crippen molar-refractivity contribution in [2.75, 3.05) is 46.2 Å². The molecule has 0 radical (unpaired) electrons. The number of benzene rings is 9. The molecule has 3 amide bonds. The fraction of sp³-hybridized carbons (Fsp3) is 0.444. The van der Waals surface area contributed by atoms with E-state index in [2.05, 4.69) is 182 Å². The van der Waals surface area contributed by atoms with E-state index in [1.807, 2.05) is 72.8 Å². The molecule has 3 saturated carbocycles. The Morgan fingerprint density at radius 3 is 0.908 bits per heavy atom. The first-order chi connectivity index (χ1) is 66.6. The minimum absolute atomic E-state index is 0.0193. The number of nitrogens with zero attached hydrogens (tertiary/aromatic N) is 3. The van der Waals surface area contributed by atoms with E-state index >= 15 is 13.2 Å². The van der Waals surface area contributed by atoms with Gasteiger partial charge in [0.25, 0.3) is 17.7 Å². The smallest absolute Gasteiger partial charge is 0.257 e. The van der Waals surface area contributed by atoms with E-state index < -0.39 is 93.2 Å². The predicted octanol–water partition coefficient (Wildman–Crippen LogP) is 27.1. The molecule has 0 saturated heterocycles. The molecular formula is C117H138BrCl3F3N3O11Si3. The lowest BCUT2D eigenvalue weighted by molar-refractivity contribution is -0.130. The van der Waals surface area contributed by atoms with Crippen LogP contribution in [-0.4, -0.2) is 128 Å². The van der Waals surface area contributed by atoms with E-state index in [0.29, 0.717) is 97.2 Å². The van der Waals surface area contributed by atoms with Crippen molar-refractivity contribution >= 4 is 98.2 Å². The fourth-order valence-corrected chi connectivity index (χ4v) is 38.7. The maximum atomic E-state index is 16.5. The first-order valence-corrected chi connectivity index (χ1v) is 58.2. The van der Waals surface area contributed by atoms with Gasteiger partial charge in [-0.3, -0.25) is 29.1 Å². The zero-order valence-corrected chi connectivity index (χ0v) is 92.1. The van der Waals surface area contributed by atoms with Gasteiger partial charge < -0.3 is 39.7 Å². The molecule has 141 heavy (non-hydrogen) atoms. The summed E-state index contributed by atoms with van der Waals surface area (Å²) in [5.41, 5.74) is 17.3. The second-order valence-electron chi connectivity index (χ2n) is 43.3. The third-order valence-electron chi connectivity index (χ3n) is 31.3. The summed E-state index contributed by atoms with van der Waals surface area (Å²) in [6.45, 7) is 48.5. The van der Waals surface area contributed by atoms with Crippen molar-refractivity contribution < 1.29 is 67.3 Å². The van der Waals surface area contributed by atoms with Gasteiger partial charge in [0, 0.05) is 88.8 Å². The quantitative estimate of drug-likeness (QED) is 0.0194. The Hall–Kier alpha value is -8.72. The molecule has 24 heteroatoms. The van der Waals surface area contributed by atoms with Gasteiger partial charge in [-0.05, 0) is 239 Å². The van der Waals surface area contributed by atoms with Crippen LogP contribution >= 0.6 is 50.7 Å². The van der Waals surface area contributed by atoms with Gasteiger partial charge in [0.2, 0.25) is 0 Å². The summed E-state index contributed by atoms with van der Waals surface area (Å²) in [6, 6.07) is 53.3. The van der Waals surface area contributed by atoms with Crippen molar-refractivity contribution in [2.45, 2.75) is 269 Å². The molecule has 6 aliphatic rings. The van der Waals surface area contributed by atoms with Gasteiger partial charge in [-0.25, -0.2) is 13.2 Å². The standard InChI is InChI=1S/C40H49ClFNO5Si.C40H47ClFNO3Si.C37H42BrClFNO3Si/c1-26(2)49(27(3)4,28(5)6)19-16-29-8-10-30(11-9-29)22-43-37(46)34-20-32(38(7,47)23-44)21-35(42)36(34)40(43,31-12-14-33(41)15-13-31)48-25-39(24-45)17-18-39;1-26(2)32-21-35-37(36(42)22-32)40(33-13-15-34(41)16-14-33,46-25-39(24-44)18-19-39)43(38(35)45)23-31-11-9-30(10-12-31)17-20-47(27(3)4,28(5)6)29(7)8;1-24(2)45(25(3)4,26(5)6)18-15-27-7-9-28(10-8-27)21-41-35(43)32-19-30(38)20-33(40)34(32)37(41,29-11-13-31(39)14-12-29)44-23-36(22-42)16-17-36/h8-15,20-21,26-28,44-45,47H,17-18,22-25H2,1-7H3;9-16,21-22,27-29,44H,1,18-19,23-25H2,2-8H3;7-14,19-20,24-26,42H,16-17,21-23H2,1-6H3. The number of carbonyl (C=O) groups excluding carboxylic acids is 3. The summed E-state index contributed by atoms with van der Waals surface area (Å²) in [5, 5.41) is 52.7. The van der Waals surface area contributed by atoms with Crippen molar-refractivity contribution in [2.24, 2.45) is 16.2 Å². The lowest BCUT2D eigenvalue weighted by Gasteiger charge is -2.40. The summed E-state index contributed by atoms with van der Waals surface area (Å²) in [4.78, 5) is 47.9. The Bertz CT molecular complexity index is 6220. The summed E-state index contributed by atoms with van der Waals surface area (Å²) in [6.07, 6.45) is 4.71. The monoisotopic (exact) mass is 2090 g/mol. The van der Waals surface area contributed by atoms with Gasteiger partial charge in [-0.15, -0.1) is 16.6 Å². The highest BCUT2D eigenvalue weighted by Crippen LogP contribution is 2.58. The molecule has 3 heterocycles. The van der Waals surface area contributed by atoms with Gasteiger partial charge >= 0.3 is 0 Å². The normalized spacial score (nSPS) is 19.0. The number of allylic oxidation sites excluding steroid dienone is 1. The van der Waals surface area contributed by atoms with Gasteiger partial charge in [0.1, 0.15) is 47.3 Å². The van der Waals surface area contributed by atoms with E-state index in [0.717, 1.165) is 78.0 Å². The van der Waals surface area contributed by atoms with E-state index in [4.69, 9.17) is 49.0 Å². The Morgan fingerprint density at radius 2 is 0.660 bits per heavy atom. The molecule has 3 fully saturated rings. The zero-order chi connectivity index (χ0) is 103. The molecule has 15 rings (SSSR count). The number of hydrogen-bond acceptors (Lipinski definition) is 11. The average molecular weight is 2090 g/mol. The van der Waals surface area contributed by atoms with Crippen LogP contribution < -0.4 is 0 Å². The first-order valence-electron chi connectivity index (χ1n) is 49.6. The van der Waals surface area contributed by atoms with E-state index in [-0.39, 0.29) is 110 Å². The predicted molar refractivity (Wildman–Crippen MR) is 572 cm³/mol. The number of ether oxygens (including phenoxy) is 3. The van der Waals surface area contributed by atoms with Crippen molar-refractivity contribution in [3.05, 3.63) is 320 Å². The number of carbonyl (C=O) groups is 3. The highest BCUT2D eigenvalue weighted by molar-refractivity contribution is 9.10. The Labute approximate surface area is 860 Å². The molecule has 4 atom stereocenters. The minimum atomic E-state index is -1.94. The van der Waals surface area contributed by atoms with E-state index in [1.54, 1.807) is 102 Å². The molecule has 3 aliphatic carbocycles. The molecule has 9 aromatic carbocycles. The SMILES string of the molecule is C=C(C)c1cc(F)c2c(c1)C(=O)N(Cc1ccc(C#C[Si](C(C)C)(C(C)C)C(C)C)cc1)C2(OCC1(CO)CC1)c1ccc(Cl)cc1.CC(C)[Si](C#Cc1ccc(CN2C(=O)c3cc(Br)cc(F)c3C2(OCC2(CO)CC2)c2ccc(Cl)cc2)cc1)(C(C)C)C(C)C.CC(C)[Si](C#Cc1ccc(CN2C(=O)c3cc(C(C)(O)CO)cc(F)c3C2(OCC2(CO)CC2)c2ccc(Cl)cc2)cc1)(C(C)C)C(C)C. The van der Waals surface area contributed by atoms with Gasteiger partial charge in [-0.2, -0.15) is 0 Å². The molecular weight excluding hydrogens is 1950 g/mol. The van der Waals surface area contributed by atoms with Gasteiger partial charge in [0.15, 0.2) is 17.2 Å². The summed E-state index contributed by atoms with van der Waals surface area (Å²) < 4.78 is 69.7. The van der Waals surface area contributed by atoms with Gasteiger partial charge in [-0.1, -0.05) is 278 Å².